The minimum absolute atomic E-state index is 0.0577. The maximum atomic E-state index is 13.2. The van der Waals surface area contributed by atoms with Gasteiger partial charge in [0.25, 0.3) is 10.0 Å². The number of rotatable bonds is 5. The van der Waals surface area contributed by atoms with Crippen LogP contribution in [0.15, 0.2) is 77.7 Å². The van der Waals surface area contributed by atoms with E-state index in [1.54, 1.807) is 12.1 Å². The molecule has 1 heterocycles. The van der Waals surface area contributed by atoms with E-state index < -0.39 is 10.0 Å². The van der Waals surface area contributed by atoms with Crippen LogP contribution in [0, 0.1) is 5.92 Å². The molecule has 2 aliphatic rings. The molecule has 0 fully saturated rings. The maximum Gasteiger partial charge on any atom is 0.261 e. The second-order valence-corrected chi connectivity index (χ2v) is 11.8. The molecule has 1 aliphatic heterocycles. The Kier molecular flexibility index (Phi) is 6.13. The lowest BCUT2D eigenvalue weighted by Crippen LogP contribution is -2.29. The second kappa shape index (κ2) is 8.95. The van der Waals surface area contributed by atoms with Crippen molar-refractivity contribution in [3.05, 3.63) is 99.6 Å². The van der Waals surface area contributed by atoms with Gasteiger partial charge in [0.05, 0.1) is 21.0 Å². The van der Waals surface area contributed by atoms with Crippen LogP contribution in [0.1, 0.15) is 54.8 Å². The summed E-state index contributed by atoms with van der Waals surface area (Å²) in [4.78, 5) is 0.257. The van der Waals surface area contributed by atoms with Gasteiger partial charge in [-0.25, -0.2) is 8.42 Å². The number of nitrogens with one attached hydrogen (secondary N) is 2. The number of allylic oxidation sites excluding steroid dienone is 2. The summed E-state index contributed by atoms with van der Waals surface area (Å²) in [6.45, 7) is 4.22. The first-order valence-electron chi connectivity index (χ1n) is 11.4. The first-order chi connectivity index (χ1) is 16.2. The highest BCUT2D eigenvalue weighted by molar-refractivity contribution is 7.92. The molecule has 3 atom stereocenters. The summed E-state index contributed by atoms with van der Waals surface area (Å²) in [6, 6.07) is 18.6. The van der Waals surface area contributed by atoms with Crippen LogP contribution in [0.4, 0.5) is 11.4 Å². The number of fused-ring (bicyclic) bond motifs is 3. The molecule has 0 radical (unpaired) electrons. The van der Waals surface area contributed by atoms with Gasteiger partial charge in [-0.3, -0.25) is 4.72 Å². The fraction of sp³-hybridized carbons (Fsp3) is 0.259. The highest BCUT2D eigenvalue weighted by Crippen LogP contribution is 2.50. The molecule has 0 aromatic heterocycles. The third kappa shape index (κ3) is 4.33. The van der Waals surface area contributed by atoms with E-state index in [0.717, 1.165) is 23.2 Å². The molecule has 176 valence electrons. The van der Waals surface area contributed by atoms with E-state index >= 15 is 0 Å². The van der Waals surface area contributed by atoms with E-state index in [-0.39, 0.29) is 22.8 Å². The van der Waals surface area contributed by atoms with Crippen LogP contribution in [0.2, 0.25) is 10.0 Å². The Hall–Kier alpha value is -2.47. The molecular formula is C27H26Cl2N2O2S. The Morgan fingerprint density at radius 1 is 0.971 bits per heavy atom. The van der Waals surface area contributed by atoms with Gasteiger partial charge in [0.2, 0.25) is 0 Å². The van der Waals surface area contributed by atoms with E-state index in [1.165, 1.54) is 5.56 Å². The van der Waals surface area contributed by atoms with Crippen LogP contribution in [-0.2, 0) is 10.0 Å². The number of halogens is 2. The van der Waals surface area contributed by atoms with E-state index in [1.807, 2.05) is 48.5 Å². The van der Waals surface area contributed by atoms with Gasteiger partial charge in [0, 0.05) is 17.3 Å². The summed E-state index contributed by atoms with van der Waals surface area (Å²) in [6.07, 6.45) is 5.26. The Balaban J connectivity index is 1.45. The van der Waals surface area contributed by atoms with Gasteiger partial charge in [0.1, 0.15) is 0 Å². The molecule has 3 aromatic carbocycles. The van der Waals surface area contributed by atoms with Crippen molar-refractivity contribution < 1.29 is 8.42 Å². The zero-order valence-corrected chi connectivity index (χ0v) is 21.3. The fourth-order valence-electron chi connectivity index (χ4n) is 4.93. The summed E-state index contributed by atoms with van der Waals surface area (Å²) >= 11 is 12.4. The van der Waals surface area contributed by atoms with Crippen molar-refractivity contribution >= 4 is 44.6 Å². The lowest BCUT2D eigenvalue weighted by molar-refractivity contribution is 0.425. The number of sulfonamides is 1. The van der Waals surface area contributed by atoms with Gasteiger partial charge < -0.3 is 5.32 Å². The normalized spacial score (nSPS) is 21.1. The monoisotopic (exact) mass is 512 g/mol. The lowest BCUT2D eigenvalue weighted by Gasteiger charge is -2.37. The van der Waals surface area contributed by atoms with Crippen LogP contribution < -0.4 is 10.0 Å². The van der Waals surface area contributed by atoms with Crippen molar-refractivity contribution in [1.82, 2.24) is 0 Å². The van der Waals surface area contributed by atoms with Crippen molar-refractivity contribution in [2.45, 2.75) is 43.0 Å². The van der Waals surface area contributed by atoms with Crippen LogP contribution in [0.5, 0.6) is 0 Å². The number of benzene rings is 3. The lowest BCUT2D eigenvalue weighted by atomic mass is 9.77. The highest BCUT2D eigenvalue weighted by Gasteiger charge is 2.38. The summed E-state index contributed by atoms with van der Waals surface area (Å²) in [5.74, 6) is 0.773. The number of anilines is 2. The molecule has 2 N–H and O–H groups in total. The summed E-state index contributed by atoms with van der Waals surface area (Å²) in [7, 11) is -3.72. The van der Waals surface area contributed by atoms with Gasteiger partial charge in [-0.1, -0.05) is 67.4 Å². The average molecular weight is 513 g/mol. The highest BCUT2D eigenvalue weighted by atomic mass is 35.5. The van der Waals surface area contributed by atoms with E-state index in [0.29, 0.717) is 21.7 Å². The smallest absolute Gasteiger partial charge is 0.261 e. The van der Waals surface area contributed by atoms with Crippen molar-refractivity contribution in [3.8, 4) is 0 Å². The molecule has 34 heavy (non-hydrogen) atoms. The third-order valence-electron chi connectivity index (χ3n) is 6.78. The van der Waals surface area contributed by atoms with Gasteiger partial charge in [-0.15, -0.1) is 0 Å². The molecule has 1 aliphatic carbocycles. The number of hydrogen-bond acceptors (Lipinski definition) is 3. The third-order valence-corrected chi connectivity index (χ3v) is 8.89. The quantitative estimate of drug-likeness (QED) is 0.343. The van der Waals surface area contributed by atoms with Crippen LogP contribution >= 0.6 is 23.2 Å². The number of hydrogen-bond donors (Lipinski definition) is 2. The fourth-order valence-corrected chi connectivity index (χ4v) is 6.33. The largest absolute Gasteiger partial charge is 0.378 e. The molecule has 4 nitrogen and oxygen atoms in total. The van der Waals surface area contributed by atoms with Crippen LogP contribution in [0.3, 0.4) is 0 Å². The first-order valence-corrected chi connectivity index (χ1v) is 13.6. The van der Waals surface area contributed by atoms with Crippen molar-refractivity contribution in [3.63, 3.8) is 0 Å². The molecule has 5 rings (SSSR count). The van der Waals surface area contributed by atoms with Crippen molar-refractivity contribution in [2.75, 3.05) is 10.0 Å². The van der Waals surface area contributed by atoms with E-state index in [4.69, 9.17) is 23.2 Å². The molecule has 0 amide bonds. The zero-order chi connectivity index (χ0) is 24.0. The average Bonchev–Trinajstić information content (AvgIpc) is 3.30. The van der Waals surface area contributed by atoms with Crippen molar-refractivity contribution in [1.29, 1.82) is 0 Å². The predicted octanol–water partition coefficient (Wildman–Crippen LogP) is 7.74. The van der Waals surface area contributed by atoms with Gasteiger partial charge in [-0.05, 0) is 77.4 Å². The molecule has 0 saturated carbocycles. The van der Waals surface area contributed by atoms with E-state index in [9.17, 15) is 8.42 Å². The topological polar surface area (TPSA) is 58.2 Å². The second-order valence-electron chi connectivity index (χ2n) is 9.28. The van der Waals surface area contributed by atoms with Gasteiger partial charge >= 0.3 is 0 Å². The minimum atomic E-state index is -3.72. The Labute approximate surface area is 211 Å². The molecule has 7 heteroatoms. The molecule has 0 bridgehead atoms. The zero-order valence-electron chi connectivity index (χ0n) is 18.9. The molecule has 3 aromatic rings. The predicted molar refractivity (Wildman–Crippen MR) is 141 cm³/mol. The summed E-state index contributed by atoms with van der Waals surface area (Å²) in [5.41, 5.74) is 4.72. The van der Waals surface area contributed by atoms with E-state index in [2.05, 4.69) is 36.0 Å². The summed E-state index contributed by atoms with van der Waals surface area (Å²) < 4.78 is 29.1. The Bertz CT molecular complexity index is 1370. The molecular weight excluding hydrogens is 487 g/mol. The molecule has 0 spiro atoms. The minimum Gasteiger partial charge on any atom is -0.378 e. The maximum absolute atomic E-state index is 13.2. The van der Waals surface area contributed by atoms with Crippen LogP contribution in [0.25, 0.3) is 0 Å². The SMILES string of the molecule is CC(C)c1ccc(NS(=O)(=O)c2ccc3c(c2)[C@H]2C=CC[C@H]2[C@@H](c2ccc(Cl)c(Cl)c2)N3)cc1. The Morgan fingerprint density at radius 2 is 1.74 bits per heavy atom. The first kappa shape index (κ1) is 23.3. The standard InChI is InChI=1S/C27H26Cl2N2O2S/c1-16(2)17-6-9-19(10-7-17)31-34(32,33)20-11-13-26-23(15-20)21-4-3-5-22(21)27(30-26)18-8-12-24(28)25(29)14-18/h3-4,6-16,21-22,27,30-31H,5H2,1-2H3/t21-,22+,27+/m0/s1. The summed E-state index contributed by atoms with van der Waals surface area (Å²) in [5, 5.41) is 4.68. The van der Waals surface area contributed by atoms with Gasteiger partial charge in [0.15, 0.2) is 0 Å². The van der Waals surface area contributed by atoms with Gasteiger partial charge in [-0.2, -0.15) is 0 Å². The van der Waals surface area contributed by atoms with Crippen LogP contribution in [-0.4, -0.2) is 8.42 Å². The Morgan fingerprint density at radius 3 is 2.44 bits per heavy atom. The van der Waals surface area contributed by atoms with Crippen molar-refractivity contribution in [2.24, 2.45) is 5.92 Å². The molecule has 0 saturated heterocycles. The molecule has 0 unspecified atom stereocenters.